The third kappa shape index (κ3) is 1.78. The molecule has 0 spiro atoms. The smallest absolute Gasteiger partial charge is 0.257 e. The molecule has 0 unspecified atom stereocenters. The first-order valence-corrected chi connectivity index (χ1v) is 6.11. The molecule has 6 heteroatoms. The van der Waals surface area contributed by atoms with Gasteiger partial charge < -0.3 is 20.2 Å². The van der Waals surface area contributed by atoms with E-state index in [1.807, 2.05) is 12.1 Å². The van der Waals surface area contributed by atoms with Crippen LogP contribution < -0.4 is 5.56 Å². The van der Waals surface area contributed by atoms with Crippen LogP contribution in [0.2, 0.25) is 0 Å². The predicted octanol–water partition coefficient (Wildman–Crippen LogP) is 1.42. The van der Waals surface area contributed by atoms with Crippen molar-refractivity contribution in [2.45, 2.75) is 13.5 Å². The van der Waals surface area contributed by atoms with Crippen molar-refractivity contribution in [3.63, 3.8) is 0 Å². The number of aromatic amines is 2. The second-order valence-corrected chi connectivity index (χ2v) is 4.57. The number of nitrogens with zero attached hydrogens (tertiary/aromatic N) is 1. The zero-order valence-corrected chi connectivity index (χ0v) is 10.8. The van der Waals surface area contributed by atoms with Crippen LogP contribution in [-0.2, 0) is 6.61 Å². The lowest BCUT2D eigenvalue weighted by Crippen LogP contribution is -2.15. The number of aromatic nitrogens is 3. The minimum Gasteiger partial charge on any atom is -0.507 e. The molecule has 4 N–H and O–H groups in total. The van der Waals surface area contributed by atoms with Gasteiger partial charge in [0, 0.05) is 23.5 Å². The Morgan fingerprint density at radius 1 is 1.40 bits per heavy atom. The molecule has 0 amide bonds. The van der Waals surface area contributed by atoms with Gasteiger partial charge >= 0.3 is 0 Å². The van der Waals surface area contributed by atoms with Crippen molar-refractivity contribution in [1.29, 1.82) is 0 Å². The lowest BCUT2D eigenvalue weighted by molar-refractivity contribution is 0.273. The van der Waals surface area contributed by atoms with Crippen molar-refractivity contribution in [1.82, 2.24) is 15.0 Å². The molecule has 0 atom stereocenters. The molecule has 0 radical (unpaired) electrons. The van der Waals surface area contributed by atoms with Crippen LogP contribution in [0, 0.1) is 6.92 Å². The summed E-state index contributed by atoms with van der Waals surface area (Å²) in [5, 5.41) is 19.1. The highest BCUT2D eigenvalue weighted by molar-refractivity contribution is 5.80. The zero-order valence-electron chi connectivity index (χ0n) is 10.8. The van der Waals surface area contributed by atoms with Gasteiger partial charge in [-0.3, -0.25) is 9.78 Å². The Labute approximate surface area is 113 Å². The van der Waals surface area contributed by atoms with Crippen LogP contribution in [0.5, 0.6) is 5.75 Å². The van der Waals surface area contributed by atoms with E-state index in [4.69, 9.17) is 5.11 Å². The lowest BCUT2D eigenvalue weighted by atomic mass is 10.0. The van der Waals surface area contributed by atoms with Crippen LogP contribution in [0.3, 0.4) is 0 Å². The van der Waals surface area contributed by atoms with Crippen LogP contribution in [-0.4, -0.2) is 25.2 Å². The topological polar surface area (TPSA) is 102 Å². The molecule has 0 aliphatic heterocycles. The van der Waals surface area contributed by atoms with Gasteiger partial charge in [0.15, 0.2) is 0 Å². The molecule has 3 heterocycles. The maximum atomic E-state index is 11.8. The fraction of sp³-hybridized carbons (Fsp3) is 0.143. The standard InChI is InChI=1S/C14H13N3O3/c1-7-12(17-14(20)9(6-18)13(7)19)8-4-11-10(16-5-8)2-3-15-11/h2-5,15,18H,6H2,1H3,(H2,17,19,20). The average Bonchev–Trinajstić information content (AvgIpc) is 2.90. The average molecular weight is 271 g/mol. The number of hydrogen-bond acceptors (Lipinski definition) is 4. The molecular formula is C14H13N3O3. The van der Waals surface area contributed by atoms with E-state index in [1.165, 1.54) is 0 Å². The lowest BCUT2D eigenvalue weighted by Gasteiger charge is -2.10. The predicted molar refractivity (Wildman–Crippen MR) is 74.5 cm³/mol. The molecule has 6 nitrogen and oxygen atoms in total. The number of aliphatic hydroxyl groups excluding tert-OH is 1. The summed E-state index contributed by atoms with van der Waals surface area (Å²) in [4.78, 5) is 21.8. The molecule has 0 bridgehead atoms. The van der Waals surface area contributed by atoms with Crippen LogP contribution in [0.1, 0.15) is 11.1 Å². The first-order chi connectivity index (χ1) is 9.61. The summed E-state index contributed by atoms with van der Waals surface area (Å²) < 4.78 is 0. The van der Waals surface area contributed by atoms with E-state index >= 15 is 0 Å². The van der Waals surface area contributed by atoms with Crippen LogP contribution in [0.15, 0.2) is 29.3 Å². The second-order valence-electron chi connectivity index (χ2n) is 4.57. The number of hydrogen-bond donors (Lipinski definition) is 4. The number of nitrogens with one attached hydrogen (secondary N) is 2. The third-order valence-corrected chi connectivity index (χ3v) is 3.37. The Bertz CT molecular complexity index is 848. The van der Waals surface area contributed by atoms with Gasteiger partial charge in [-0.15, -0.1) is 0 Å². The molecule has 0 saturated heterocycles. The van der Waals surface area contributed by atoms with E-state index in [9.17, 15) is 9.90 Å². The van der Waals surface area contributed by atoms with E-state index in [2.05, 4.69) is 15.0 Å². The van der Waals surface area contributed by atoms with E-state index in [0.29, 0.717) is 16.8 Å². The van der Waals surface area contributed by atoms with Gasteiger partial charge in [-0.05, 0) is 19.1 Å². The van der Waals surface area contributed by atoms with E-state index < -0.39 is 12.2 Å². The maximum Gasteiger partial charge on any atom is 0.257 e. The normalized spacial score (nSPS) is 11.1. The summed E-state index contributed by atoms with van der Waals surface area (Å²) in [7, 11) is 0. The van der Waals surface area contributed by atoms with E-state index in [0.717, 1.165) is 11.0 Å². The monoisotopic (exact) mass is 271 g/mol. The van der Waals surface area contributed by atoms with Gasteiger partial charge in [0.2, 0.25) is 0 Å². The van der Waals surface area contributed by atoms with Crippen molar-refractivity contribution >= 4 is 11.0 Å². The van der Waals surface area contributed by atoms with Gasteiger partial charge in [0.25, 0.3) is 5.56 Å². The largest absolute Gasteiger partial charge is 0.507 e. The van der Waals surface area contributed by atoms with Gasteiger partial charge in [-0.25, -0.2) is 0 Å². The number of aromatic hydroxyl groups is 1. The highest BCUT2D eigenvalue weighted by Gasteiger charge is 2.15. The number of rotatable bonds is 2. The number of fused-ring (bicyclic) bond motifs is 1. The molecule has 3 rings (SSSR count). The van der Waals surface area contributed by atoms with Crippen molar-refractivity contribution in [3.8, 4) is 17.0 Å². The quantitative estimate of drug-likeness (QED) is 0.566. The Morgan fingerprint density at radius 2 is 2.20 bits per heavy atom. The summed E-state index contributed by atoms with van der Waals surface area (Å²) in [5.41, 5.74) is 2.82. The van der Waals surface area contributed by atoms with Crippen molar-refractivity contribution in [2.24, 2.45) is 0 Å². The Morgan fingerprint density at radius 3 is 2.95 bits per heavy atom. The molecular weight excluding hydrogens is 258 g/mol. The number of H-pyrrole nitrogens is 2. The molecule has 3 aromatic heterocycles. The highest BCUT2D eigenvalue weighted by Crippen LogP contribution is 2.29. The van der Waals surface area contributed by atoms with Gasteiger partial charge in [0.1, 0.15) is 5.75 Å². The van der Waals surface area contributed by atoms with Gasteiger partial charge in [-0.2, -0.15) is 0 Å². The molecule has 102 valence electrons. The van der Waals surface area contributed by atoms with E-state index in [1.54, 1.807) is 19.3 Å². The first kappa shape index (κ1) is 12.4. The first-order valence-electron chi connectivity index (χ1n) is 6.11. The third-order valence-electron chi connectivity index (χ3n) is 3.37. The van der Waals surface area contributed by atoms with E-state index in [-0.39, 0.29) is 11.3 Å². The fourth-order valence-corrected chi connectivity index (χ4v) is 2.24. The summed E-state index contributed by atoms with van der Waals surface area (Å²) in [5.74, 6) is -0.183. The molecule has 20 heavy (non-hydrogen) atoms. The van der Waals surface area contributed by atoms with Crippen molar-refractivity contribution < 1.29 is 10.2 Å². The Hall–Kier alpha value is -2.60. The second kappa shape index (κ2) is 4.50. The molecule has 3 aromatic rings. The number of aliphatic hydroxyl groups is 1. The summed E-state index contributed by atoms with van der Waals surface area (Å²) in [6.45, 7) is 1.18. The number of pyridine rings is 2. The van der Waals surface area contributed by atoms with Crippen molar-refractivity contribution in [3.05, 3.63) is 46.0 Å². The Balaban J connectivity index is 2.26. The molecule has 0 fully saturated rings. The minimum atomic E-state index is -0.504. The summed E-state index contributed by atoms with van der Waals surface area (Å²) in [6.07, 6.45) is 3.41. The minimum absolute atomic E-state index is 0.0276. The van der Waals surface area contributed by atoms with Crippen LogP contribution >= 0.6 is 0 Å². The summed E-state index contributed by atoms with van der Waals surface area (Å²) >= 11 is 0. The van der Waals surface area contributed by atoms with Crippen LogP contribution in [0.4, 0.5) is 0 Å². The fourth-order valence-electron chi connectivity index (χ4n) is 2.24. The summed E-state index contributed by atoms with van der Waals surface area (Å²) in [6, 6.07) is 3.69. The Kier molecular flexibility index (Phi) is 2.80. The van der Waals surface area contributed by atoms with Crippen molar-refractivity contribution in [2.75, 3.05) is 0 Å². The van der Waals surface area contributed by atoms with Gasteiger partial charge in [0.05, 0.1) is 28.9 Å². The zero-order chi connectivity index (χ0) is 14.3. The molecule has 0 saturated carbocycles. The SMILES string of the molecule is Cc1c(-c2cnc3cc[nH]c3c2)[nH]c(=O)c(CO)c1O. The molecule has 0 aliphatic rings. The molecule has 0 aliphatic carbocycles. The van der Waals surface area contributed by atoms with Gasteiger partial charge in [-0.1, -0.05) is 0 Å². The van der Waals surface area contributed by atoms with Crippen LogP contribution in [0.25, 0.3) is 22.3 Å². The highest BCUT2D eigenvalue weighted by atomic mass is 16.3. The maximum absolute atomic E-state index is 11.8. The molecule has 0 aromatic carbocycles.